The van der Waals surface area contributed by atoms with Gasteiger partial charge in [-0.15, -0.1) is 0 Å². The summed E-state index contributed by atoms with van der Waals surface area (Å²) < 4.78 is 5.19. The molecule has 0 unspecified atom stereocenters. The summed E-state index contributed by atoms with van der Waals surface area (Å²) in [6.07, 6.45) is 4.38. The molecule has 0 fully saturated rings. The molecule has 0 spiro atoms. The number of ether oxygens (including phenoxy) is 1. The van der Waals surface area contributed by atoms with Gasteiger partial charge in [0.2, 0.25) is 0 Å². The van der Waals surface area contributed by atoms with Crippen LogP contribution in [0, 0.1) is 0 Å². The summed E-state index contributed by atoms with van der Waals surface area (Å²) in [5, 5.41) is 6.23. The molecule has 2 aromatic carbocycles. The van der Waals surface area contributed by atoms with Gasteiger partial charge in [0.05, 0.1) is 5.56 Å². The van der Waals surface area contributed by atoms with Crippen LogP contribution in [-0.4, -0.2) is 36.4 Å². The molecule has 154 valence electrons. The van der Waals surface area contributed by atoms with Gasteiger partial charge in [-0.2, -0.15) is 0 Å². The van der Waals surface area contributed by atoms with Crippen LogP contribution in [0.25, 0.3) is 10.9 Å². The van der Waals surface area contributed by atoms with Crippen LogP contribution in [0.1, 0.15) is 44.8 Å². The number of carbonyl (C=O) groups excluding carboxylic acids is 3. The highest BCUT2D eigenvalue weighted by atomic mass is 16.5. The van der Waals surface area contributed by atoms with Crippen molar-refractivity contribution in [3.63, 3.8) is 0 Å². The maximum atomic E-state index is 12.4. The monoisotopic (exact) mass is 405 g/mol. The summed E-state index contributed by atoms with van der Waals surface area (Å²) in [5.74, 6) is -1.19. The molecule has 1 aliphatic rings. The Labute approximate surface area is 173 Å². The zero-order valence-corrected chi connectivity index (χ0v) is 16.7. The molecule has 0 saturated carbocycles. The number of esters is 1. The second-order valence-electron chi connectivity index (χ2n) is 7.33. The molecule has 0 radical (unpaired) electrons. The fourth-order valence-corrected chi connectivity index (χ4v) is 3.79. The number of anilines is 1. The van der Waals surface area contributed by atoms with Crippen LogP contribution in [0.3, 0.4) is 0 Å². The number of H-pyrrole nitrogens is 1. The van der Waals surface area contributed by atoms with E-state index in [0.717, 1.165) is 30.2 Å². The van der Waals surface area contributed by atoms with Gasteiger partial charge in [-0.1, -0.05) is 0 Å². The summed E-state index contributed by atoms with van der Waals surface area (Å²) in [4.78, 5) is 39.5. The molecule has 0 aliphatic heterocycles. The van der Waals surface area contributed by atoms with Crippen molar-refractivity contribution in [1.29, 1.82) is 0 Å². The summed E-state index contributed by atoms with van der Waals surface area (Å²) in [7, 11) is 1.55. The molecular formula is C23H23N3O4. The Morgan fingerprint density at radius 3 is 2.50 bits per heavy atom. The fourth-order valence-electron chi connectivity index (χ4n) is 3.79. The minimum atomic E-state index is -0.534. The lowest BCUT2D eigenvalue weighted by Gasteiger charge is -2.10. The van der Waals surface area contributed by atoms with Gasteiger partial charge in [-0.05, 0) is 73.7 Å². The lowest BCUT2D eigenvalue weighted by molar-refractivity contribution is -0.119. The molecule has 0 bridgehead atoms. The highest BCUT2D eigenvalue weighted by molar-refractivity contribution is 5.99. The topological polar surface area (TPSA) is 100 Å². The average molecular weight is 405 g/mol. The third-order valence-corrected chi connectivity index (χ3v) is 5.33. The zero-order valence-electron chi connectivity index (χ0n) is 16.7. The van der Waals surface area contributed by atoms with E-state index in [2.05, 4.69) is 15.6 Å². The third kappa shape index (κ3) is 4.05. The smallest absolute Gasteiger partial charge is 0.338 e. The van der Waals surface area contributed by atoms with E-state index in [4.69, 9.17) is 4.74 Å². The zero-order chi connectivity index (χ0) is 21.1. The number of aromatic amines is 1. The van der Waals surface area contributed by atoms with Gasteiger partial charge in [0.15, 0.2) is 6.61 Å². The number of hydrogen-bond donors (Lipinski definition) is 3. The maximum Gasteiger partial charge on any atom is 0.338 e. The molecule has 1 heterocycles. The van der Waals surface area contributed by atoms with Crippen LogP contribution >= 0.6 is 0 Å². The van der Waals surface area contributed by atoms with E-state index in [9.17, 15) is 14.4 Å². The van der Waals surface area contributed by atoms with Crippen LogP contribution in [0.2, 0.25) is 0 Å². The van der Waals surface area contributed by atoms with Gasteiger partial charge in [-0.25, -0.2) is 4.79 Å². The second kappa shape index (κ2) is 8.41. The number of hydrogen-bond acceptors (Lipinski definition) is 4. The minimum Gasteiger partial charge on any atom is -0.452 e. The van der Waals surface area contributed by atoms with E-state index in [0.29, 0.717) is 16.8 Å². The quantitative estimate of drug-likeness (QED) is 0.568. The highest BCUT2D eigenvalue weighted by Gasteiger charge is 2.18. The normalized spacial score (nSPS) is 12.8. The minimum absolute atomic E-state index is 0.206. The first-order chi connectivity index (χ1) is 14.5. The number of rotatable bonds is 5. The maximum absolute atomic E-state index is 12.4. The largest absolute Gasteiger partial charge is 0.452 e. The van der Waals surface area contributed by atoms with Gasteiger partial charge < -0.3 is 20.4 Å². The van der Waals surface area contributed by atoms with Gasteiger partial charge in [0, 0.05) is 34.9 Å². The van der Waals surface area contributed by atoms with Crippen LogP contribution in [0.5, 0.6) is 0 Å². The predicted octanol–water partition coefficient (Wildman–Crippen LogP) is 3.20. The van der Waals surface area contributed by atoms with Crippen molar-refractivity contribution in [1.82, 2.24) is 10.3 Å². The first-order valence-corrected chi connectivity index (χ1v) is 9.98. The van der Waals surface area contributed by atoms with Gasteiger partial charge in [-0.3, -0.25) is 9.59 Å². The fraction of sp³-hybridized carbons (Fsp3) is 0.261. The van der Waals surface area contributed by atoms with Crippen LogP contribution in [-0.2, 0) is 22.4 Å². The highest BCUT2D eigenvalue weighted by Crippen LogP contribution is 2.29. The number of nitrogens with one attached hydrogen (secondary N) is 3. The molecule has 7 nitrogen and oxygen atoms in total. The van der Waals surface area contributed by atoms with E-state index in [1.165, 1.54) is 17.7 Å². The van der Waals surface area contributed by atoms with E-state index in [1.807, 2.05) is 12.1 Å². The number of amides is 2. The lowest BCUT2D eigenvalue weighted by atomic mass is 9.95. The molecule has 3 N–H and O–H groups in total. The number of aryl methyl sites for hydroxylation is 2. The van der Waals surface area contributed by atoms with Crippen molar-refractivity contribution >= 4 is 34.4 Å². The summed E-state index contributed by atoms with van der Waals surface area (Å²) in [6.45, 7) is -0.390. The van der Waals surface area contributed by atoms with Gasteiger partial charge in [0.1, 0.15) is 0 Å². The summed E-state index contributed by atoms with van der Waals surface area (Å²) >= 11 is 0. The molecule has 3 aromatic rings. The molecule has 7 heteroatoms. The first kappa shape index (κ1) is 19.7. The van der Waals surface area contributed by atoms with E-state index in [-0.39, 0.29) is 12.5 Å². The van der Waals surface area contributed by atoms with Crippen LogP contribution in [0.4, 0.5) is 5.69 Å². The Hall–Kier alpha value is -3.61. The molecular weight excluding hydrogens is 382 g/mol. The van der Waals surface area contributed by atoms with Crippen LogP contribution in [0.15, 0.2) is 42.5 Å². The van der Waals surface area contributed by atoms with Crippen molar-refractivity contribution in [3.8, 4) is 0 Å². The summed E-state index contributed by atoms with van der Waals surface area (Å²) in [5.41, 5.74) is 5.00. The Morgan fingerprint density at radius 2 is 1.73 bits per heavy atom. The SMILES string of the molecule is CNC(=O)c1ccc(NC(=O)COC(=O)c2ccc3[nH]c4c(c3c2)CCCC4)cc1. The molecule has 4 rings (SSSR count). The average Bonchev–Trinajstić information content (AvgIpc) is 3.15. The Bertz CT molecular complexity index is 1120. The van der Waals surface area contributed by atoms with Crippen molar-refractivity contribution in [2.45, 2.75) is 25.7 Å². The van der Waals surface area contributed by atoms with Gasteiger partial charge >= 0.3 is 5.97 Å². The first-order valence-electron chi connectivity index (χ1n) is 9.98. The molecule has 2 amide bonds. The van der Waals surface area contributed by atoms with Crippen molar-refractivity contribution in [2.24, 2.45) is 0 Å². The lowest BCUT2D eigenvalue weighted by Crippen LogP contribution is -2.21. The Morgan fingerprint density at radius 1 is 1.00 bits per heavy atom. The number of carbonyl (C=O) groups is 3. The second-order valence-corrected chi connectivity index (χ2v) is 7.33. The van der Waals surface area contributed by atoms with Crippen molar-refractivity contribution in [3.05, 3.63) is 64.8 Å². The molecule has 0 saturated heterocycles. The molecule has 0 atom stereocenters. The van der Waals surface area contributed by atoms with Crippen LogP contribution < -0.4 is 10.6 Å². The van der Waals surface area contributed by atoms with E-state index < -0.39 is 11.9 Å². The number of benzene rings is 2. The number of aromatic nitrogens is 1. The standard InChI is InChI=1S/C23H23N3O4/c1-24-22(28)14-6-9-16(10-7-14)25-21(27)13-30-23(29)15-8-11-20-18(12-15)17-4-2-3-5-19(17)26-20/h6-12,26H,2-5,13H2,1H3,(H,24,28)(H,25,27). The molecule has 1 aliphatic carbocycles. The Kier molecular flexibility index (Phi) is 5.52. The molecule has 1 aromatic heterocycles. The van der Waals surface area contributed by atoms with Gasteiger partial charge in [0.25, 0.3) is 11.8 Å². The molecule has 30 heavy (non-hydrogen) atoms. The van der Waals surface area contributed by atoms with E-state index in [1.54, 1.807) is 37.4 Å². The van der Waals surface area contributed by atoms with Crippen molar-refractivity contribution < 1.29 is 19.1 Å². The Balaban J connectivity index is 1.37. The number of fused-ring (bicyclic) bond motifs is 3. The third-order valence-electron chi connectivity index (χ3n) is 5.33. The van der Waals surface area contributed by atoms with E-state index >= 15 is 0 Å². The summed E-state index contributed by atoms with van der Waals surface area (Å²) in [6, 6.07) is 11.9. The predicted molar refractivity (Wildman–Crippen MR) is 114 cm³/mol. The van der Waals surface area contributed by atoms with Crippen molar-refractivity contribution in [2.75, 3.05) is 19.0 Å².